The number of esters is 1. The van der Waals surface area contributed by atoms with E-state index < -0.39 is 20.0 Å². The van der Waals surface area contributed by atoms with Gasteiger partial charge in [-0.1, -0.05) is 309 Å². The molecule has 0 aromatic carbocycles. The third-order valence-corrected chi connectivity index (χ3v) is 16.8. The molecule has 0 rings (SSSR count). The van der Waals surface area contributed by atoms with Gasteiger partial charge in [-0.2, -0.15) is 0 Å². The first-order valence-electron chi connectivity index (χ1n) is 34.6. The van der Waals surface area contributed by atoms with Gasteiger partial charge in [-0.3, -0.25) is 14.2 Å². The van der Waals surface area contributed by atoms with Crippen LogP contribution >= 0.6 is 7.82 Å². The average molecular weight is 1140 g/mol. The molecule has 0 aliphatic heterocycles. The van der Waals surface area contributed by atoms with Crippen LogP contribution in [-0.2, 0) is 27.9 Å². The number of carbonyl (C=O) groups excluding carboxylic acids is 2. The monoisotopic (exact) mass is 1140 g/mol. The number of hydrogen-bond donors (Lipinski definition) is 1. The van der Waals surface area contributed by atoms with Crippen LogP contribution in [0.15, 0.2) is 24.3 Å². The highest BCUT2D eigenvalue weighted by atomic mass is 31.2. The van der Waals surface area contributed by atoms with E-state index in [2.05, 4.69) is 38.2 Å². The van der Waals surface area contributed by atoms with E-state index in [-0.39, 0.29) is 31.5 Å². The summed E-state index contributed by atoms with van der Waals surface area (Å²) in [6.45, 7) is 6.90. The van der Waals surface area contributed by atoms with Gasteiger partial charge in [-0.25, -0.2) is 0 Å². The van der Waals surface area contributed by atoms with Gasteiger partial charge in [-0.05, 0) is 57.4 Å². The van der Waals surface area contributed by atoms with Crippen LogP contribution in [0, 0.1) is 0 Å². The maximum atomic E-state index is 13.6. The van der Waals surface area contributed by atoms with E-state index in [1.54, 1.807) is 0 Å². The molecule has 3 atom stereocenters. The molecule has 0 aliphatic carbocycles. The van der Waals surface area contributed by atoms with Gasteiger partial charge in [-0.15, -0.1) is 0 Å². The molecule has 1 N–H and O–H groups in total. The Kier molecular flexibility index (Phi) is 58.5. The Morgan fingerprint density at radius 1 is 0.430 bits per heavy atom. The molecule has 0 radical (unpaired) electrons. The SMILES string of the molecule is CCCCCCCC/C=C/CCCCCCCCCCCCCCCCCC(=O)NC(COP(=O)([O-])OCC[N+](C)(C)C)C(/C=C\CCCCCCCCCCC)OC(=O)CCCCCCCCCCCCCCCCCCC. The summed E-state index contributed by atoms with van der Waals surface area (Å²) in [4.78, 5) is 40.1. The number of phosphoric ester groups is 1. The predicted octanol–water partition coefficient (Wildman–Crippen LogP) is 21.0. The molecule has 0 bridgehead atoms. The minimum atomic E-state index is -4.69. The van der Waals surface area contributed by atoms with Crippen LogP contribution in [0.25, 0.3) is 0 Å². The summed E-state index contributed by atoms with van der Waals surface area (Å²) in [5.74, 6) is -0.520. The van der Waals surface area contributed by atoms with Crippen LogP contribution in [0.4, 0.5) is 0 Å². The molecule has 79 heavy (non-hydrogen) atoms. The van der Waals surface area contributed by atoms with Crippen molar-refractivity contribution in [1.82, 2.24) is 5.32 Å². The number of hydrogen-bond acceptors (Lipinski definition) is 7. The number of amides is 1. The number of quaternary nitrogens is 1. The molecule has 0 saturated carbocycles. The molecule has 1 amide bonds. The summed E-state index contributed by atoms with van der Waals surface area (Å²) in [7, 11) is 1.21. The number of rotatable bonds is 64. The number of allylic oxidation sites excluding steroid dienone is 3. The summed E-state index contributed by atoms with van der Waals surface area (Å²) in [5.41, 5.74) is 0. The van der Waals surface area contributed by atoms with Gasteiger partial charge >= 0.3 is 5.97 Å². The van der Waals surface area contributed by atoms with E-state index in [1.165, 1.54) is 263 Å². The first-order chi connectivity index (χ1) is 38.4. The van der Waals surface area contributed by atoms with Crippen LogP contribution in [0.3, 0.4) is 0 Å². The fourth-order valence-corrected chi connectivity index (χ4v) is 11.2. The molecule has 9 nitrogen and oxygen atoms in total. The number of carbonyl (C=O) groups is 2. The van der Waals surface area contributed by atoms with Crippen LogP contribution in [0.2, 0.25) is 0 Å². The molecule has 0 aromatic heterocycles. The van der Waals surface area contributed by atoms with Crippen molar-refractivity contribution in [2.45, 2.75) is 367 Å². The van der Waals surface area contributed by atoms with Crippen LogP contribution < -0.4 is 10.2 Å². The van der Waals surface area contributed by atoms with Gasteiger partial charge in [0, 0.05) is 12.8 Å². The fraction of sp³-hybridized carbons (Fsp3) is 0.913. The number of nitrogens with one attached hydrogen (secondary N) is 1. The summed E-state index contributed by atoms with van der Waals surface area (Å²) >= 11 is 0. The van der Waals surface area contributed by atoms with Crippen molar-refractivity contribution < 1.29 is 37.3 Å². The van der Waals surface area contributed by atoms with E-state index in [1.807, 2.05) is 33.3 Å². The first-order valence-corrected chi connectivity index (χ1v) is 36.1. The number of ether oxygens (including phenoxy) is 1. The van der Waals surface area contributed by atoms with Crippen molar-refractivity contribution >= 4 is 19.7 Å². The second-order valence-corrected chi connectivity index (χ2v) is 26.5. The largest absolute Gasteiger partial charge is 0.756 e. The summed E-state index contributed by atoms with van der Waals surface area (Å²) in [5, 5.41) is 3.05. The molecule has 0 spiro atoms. The van der Waals surface area contributed by atoms with E-state index >= 15 is 0 Å². The van der Waals surface area contributed by atoms with Gasteiger partial charge in [0.1, 0.15) is 19.3 Å². The molecule has 0 saturated heterocycles. The molecule has 0 heterocycles. The second-order valence-electron chi connectivity index (χ2n) is 25.0. The lowest BCUT2D eigenvalue weighted by atomic mass is 10.0. The minimum absolute atomic E-state index is 0.0180. The minimum Gasteiger partial charge on any atom is -0.756 e. The molecular weight excluding hydrogens is 1000 g/mol. The first kappa shape index (κ1) is 77.5. The van der Waals surface area contributed by atoms with E-state index in [0.717, 1.165) is 57.8 Å². The molecule has 0 aliphatic rings. The summed E-state index contributed by atoms with van der Waals surface area (Å²) < 4.78 is 30.4. The molecule has 0 fully saturated rings. The highest BCUT2D eigenvalue weighted by Gasteiger charge is 2.27. The zero-order valence-electron chi connectivity index (χ0n) is 53.6. The van der Waals surface area contributed by atoms with Crippen LogP contribution in [-0.4, -0.2) is 69.4 Å². The number of likely N-dealkylation sites (N-methyl/N-ethyl adjacent to an activating group) is 1. The summed E-state index contributed by atoms with van der Waals surface area (Å²) in [6.07, 6.45) is 71.6. The second kappa shape index (κ2) is 59.6. The maximum absolute atomic E-state index is 13.6. The lowest BCUT2D eigenvalue weighted by Crippen LogP contribution is -2.47. The normalized spacial score (nSPS) is 13.7. The van der Waals surface area contributed by atoms with E-state index in [4.69, 9.17) is 13.8 Å². The smallest absolute Gasteiger partial charge is 0.306 e. The van der Waals surface area contributed by atoms with Gasteiger partial charge in [0.25, 0.3) is 7.82 Å². The molecule has 468 valence electrons. The summed E-state index contributed by atoms with van der Waals surface area (Å²) in [6, 6.07) is -0.882. The fourth-order valence-electron chi connectivity index (χ4n) is 10.5. The van der Waals surface area contributed by atoms with Gasteiger partial charge in [0.2, 0.25) is 5.91 Å². The van der Waals surface area contributed by atoms with Crippen molar-refractivity contribution in [1.29, 1.82) is 0 Å². The van der Waals surface area contributed by atoms with Gasteiger partial charge in [0.05, 0.1) is 33.8 Å². The van der Waals surface area contributed by atoms with Crippen LogP contribution in [0.5, 0.6) is 0 Å². The Morgan fingerprint density at radius 2 is 0.734 bits per heavy atom. The predicted molar refractivity (Wildman–Crippen MR) is 340 cm³/mol. The lowest BCUT2D eigenvalue weighted by molar-refractivity contribution is -0.870. The Bertz CT molecular complexity index is 1400. The zero-order chi connectivity index (χ0) is 57.9. The van der Waals surface area contributed by atoms with Gasteiger partial charge in [0.15, 0.2) is 0 Å². The number of nitrogens with zero attached hydrogens (tertiary/aromatic N) is 1. The number of phosphoric acid groups is 1. The number of unbranched alkanes of at least 4 members (excludes halogenated alkanes) is 46. The van der Waals surface area contributed by atoms with Crippen molar-refractivity contribution in [2.75, 3.05) is 40.9 Å². The Balaban J connectivity index is 4.99. The third-order valence-electron chi connectivity index (χ3n) is 15.9. The van der Waals surface area contributed by atoms with E-state index in [9.17, 15) is 19.0 Å². The Morgan fingerprint density at radius 3 is 1.08 bits per heavy atom. The molecule has 0 aromatic rings. The Labute approximate surface area is 492 Å². The van der Waals surface area contributed by atoms with Crippen molar-refractivity contribution in [3.8, 4) is 0 Å². The highest BCUT2D eigenvalue weighted by Crippen LogP contribution is 2.38. The lowest BCUT2D eigenvalue weighted by Gasteiger charge is -2.30. The van der Waals surface area contributed by atoms with Gasteiger partial charge < -0.3 is 28.5 Å². The third kappa shape index (κ3) is 60.9. The topological polar surface area (TPSA) is 114 Å². The van der Waals surface area contributed by atoms with Crippen molar-refractivity contribution in [3.63, 3.8) is 0 Å². The Hall–Kier alpha value is -1.51. The molecular formula is C69H135N2O7P. The van der Waals surface area contributed by atoms with Crippen molar-refractivity contribution in [2.24, 2.45) is 0 Å². The molecule has 3 unspecified atom stereocenters. The highest BCUT2D eigenvalue weighted by molar-refractivity contribution is 7.45. The molecule has 10 heteroatoms. The van der Waals surface area contributed by atoms with E-state index in [0.29, 0.717) is 17.4 Å². The maximum Gasteiger partial charge on any atom is 0.306 e. The standard InChI is InChI=1S/C69H135N2O7P/c1-7-10-13-16-19-22-25-27-29-31-32-33-34-35-36-37-38-40-41-43-46-49-52-55-58-61-68(72)70-66(65-77-79(74,75)76-64-63-71(4,5)6)67(60-57-54-51-48-45-24-21-18-15-12-9-3)78-69(73)62-59-56-53-50-47-44-42-39-30-28-26-23-20-17-14-11-8-2/h27,29,57,60,66-67H,7-26,28,30-56,58-59,61-65H2,1-6H3,(H-,70,72,74,75)/b29-27+,60-57-. The average Bonchev–Trinajstić information content (AvgIpc) is 3.41. The zero-order valence-corrected chi connectivity index (χ0v) is 54.5. The van der Waals surface area contributed by atoms with Crippen LogP contribution in [0.1, 0.15) is 355 Å². The van der Waals surface area contributed by atoms with Crippen molar-refractivity contribution in [3.05, 3.63) is 24.3 Å². The quantitative estimate of drug-likeness (QED) is 0.0212.